The predicted octanol–water partition coefficient (Wildman–Crippen LogP) is 13.9. The maximum atomic E-state index is 7.27. The van der Waals surface area contributed by atoms with Gasteiger partial charge >= 0.3 is 6.85 Å². The largest absolute Gasteiger partial charge is 0.440 e. The lowest BCUT2D eigenvalue weighted by atomic mass is 9.45. The molecule has 0 bridgehead atoms. The van der Waals surface area contributed by atoms with E-state index in [1.807, 2.05) is 0 Å². The van der Waals surface area contributed by atoms with Crippen LogP contribution in [0.2, 0.25) is 0 Å². The van der Waals surface area contributed by atoms with E-state index in [1.165, 1.54) is 93.4 Å². The number of para-hydroxylation sites is 3. The Hall–Kier alpha value is -6.46. The first kappa shape index (κ1) is 36.4. The first-order chi connectivity index (χ1) is 29.2. The lowest BCUT2D eigenvalue weighted by Crippen LogP contribution is -2.56. The molecule has 0 N–H and O–H groups in total. The van der Waals surface area contributed by atoms with Gasteiger partial charge in [-0.2, -0.15) is 0 Å². The number of anilines is 3. The monoisotopic (exact) mass is 791 g/mol. The molecule has 0 spiro atoms. The molecule has 12 rings (SSSR count). The van der Waals surface area contributed by atoms with Crippen molar-refractivity contribution in [2.75, 3.05) is 4.90 Å². The van der Waals surface area contributed by atoms with Gasteiger partial charge in [-0.05, 0) is 105 Å². The molecule has 10 aromatic rings. The van der Waals surface area contributed by atoms with E-state index in [2.05, 4.69) is 216 Å². The van der Waals surface area contributed by atoms with Crippen LogP contribution in [-0.4, -0.2) is 15.9 Å². The van der Waals surface area contributed by atoms with Gasteiger partial charge in [0, 0.05) is 66.1 Å². The average Bonchev–Trinajstić information content (AvgIpc) is 3.89. The van der Waals surface area contributed by atoms with E-state index >= 15 is 0 Å². The van der Waals surface area contributed by atoms with Gasteiger partial charge < -0.3 is 13.5 Å². The van der Waals surface area contributed by atoms with Crippen molar-refractivity contribution in [2.45, 2.75) is 78.6 Å². The Labute approximate surface area is 358 Å². The average molecular weight is 792 g/mol. The number of hydrogen-bond acceptors (Lipinski definition) is 2. The third kappa shape index (κ3) is 5.01. The third-order valence-corrected chi connectivity index (χ3v) is 13.7. The fraction of sp³-hybridized carbons (Fsp3) is 0.214. The van der Waals surface area contributed by atoms with Crippen LogP contribution in [0.25, 0.3) is 71.4 Å². The van der Waals surface area contributed by atoms with Gasteiger partial charge in [0.25, 0.3) is 0 Å². The molecule has 0 unspecified atom stereocenters. The summed E-state index contributed by atoms with van der Waals surface area (Å²) in [7, 11) is 0. The van der Waals surface area contributed by atoms with Crippen molar-refractivity contribution in [3.63, 3.8) is 0 Å². The van der Waals surface area contributed by atoms with E-state index in [-0.39, 0.29) is 23.1 Å². The van der Waals surface area contributed by atoms with Crippen molar-refractivity contribution in [3.05, 3.63) is 156 Å². The molecule has 4 nitrogen and oxygen atoms in total. The van der Waals surface area contributed by atoms with Crippen LogP contribution in [0.15, 0.2) is 144 Å². The molecular formula is C56H50BN3O. The summed E-state index contributed by atoms with van der Waals surface area (Å²) in [5.74, 6) is 0.896. The van der Waals surface area contributed by atoms with E-state index in [0.29, 0.717) is 0 Å². The summed E-state index contributed by atoms with van der Waals surface area (Å²) in [6.45, 7) is 20.7. The van der Waals surface area contributed by atoms with Crippen molar-refractivity contribution >= 4 is 89.6 Å². The van der Waals surface area contributed by atoms with E-state index in [0.717, 1.165) is 22.8 Å². The fourth-order valence-corrected chi connectivity index (χ4v) is 10.6. The molecule has 61 heavy (non-hydrogen) atoms. The highest BCUT2D eigenvalue weighted by Crippen LogP contribution is 2.52. The smallest absolute Gasteiger partial charge is 0.337 e. The number of hydrogen-bond donors (Lipinski definition) is 0. The van der Waals surface area contributed by atoms with E-state index in [4.69, 9.17) is 4.42 Å². The standard InChI is InChI=1S/C56H50BN3O/c1-54(2,3)33-23-26-37(27-24-33)59-46-31-35(56(7,8)9)30-43-48-51-40(38-19-13-15-21-44(38)58(51)36-17-11-10-12-18-36)32-41-39-20-14-16-22-45(39)60(52(41)48)57(49(43)46)50-42-29-34(55(4,5)6)25-28-47(42)61-53(50)59/h10-32H,1-9H3. The summed E-state index contributed by atoms with van der Waals surface area (Å²) in [6.07, 6.45) is 0. The molecule has 5 heteroatoms. The molecule has 0 radical (unpaired) electrons. The Morgan fingerprint density at radius 2 is 1.07 bits per heavy atom. The zero-order valence-corrected chi connectivity index (χ0v) is 36.6. The quantitative estimate of drug-likeness (QED) is 0.163. The molecule has 0 amide bonds. The Morgan fingerprint density at radius 3 is 1.75 bits per heavy atom. The Bertz CT molecular complexity index is 3470. The van der Waals surface area contributed by atoms with E-state index in [9.17, 15) is 0 Å². The second-order valence-electron chi connectivity index (χ2n) is 20.6. The third-order valence-electron chi connectivity index (χ3n) is 13.7. The zero-order valence-electron chi connectivity index (χ0n) is 36.6. The number of nitrogens with zero attached hydrogens (tertiary/aromatic N) is 3. The second kappa shape index (κ2) is 12.1. The van der Waals surface area contributed by atoms with E-state index < -0.39 is 0 Å². The second-order valence-corrected chi connectivity index (χ2v) is 20.6. The molecule has 5 heterocycles. The van der Waals surface area contributed by atoms with Gasteiger partial charge in [-0.1, -0.05) is 141 Å². The molecule has 0 saturated carbocycles. The molecule has 0 atom stereocenters. The van der Waals surface area contributed by atoms with Gasteiger partial charge in [-0.15, -0.1) is 0 Å². The normalized spacial score (nSPS) is 13.9. The maximum absolute atomic E-state index is 7.27. The Balaban J connectivity index is 1.33. The van der Waals surface area contributed by atoms with Crippen LogP contribution in [0.4, 0.5) is 17.3 Å². The van der Waals surface area contributed by atoms with Crippen molar-refractivity contribution in [2.24, 2.45) is 0 Å². The predicted molar refractivity (Wildman–Crippen MR) is 260 cm³/mol. The van der Waals surface area contributed by atoms with Crippen LogP contribution >= 0.6 is 0 Å². The zero-order chi connectivity index (χ0) is 41.9. The van der Waals surface area contributed by atoms with Crippen molar-refractivity contribution in [1.82, 2.24) is 9.05 Å². The molecule has 3 aromatic heterocycles. The first-order valence-electron chi connectivity index (χ1n) is 21.9. The number of fused-ring (bicyclic) bond motifs is 13. The van der Waals surface area contributed by atoms with Crippen LogP contribution in [-0.2, 0) is 16.2 Å². The van der Waals surface area contributed by atoms with Crippen molar-refractivity contribution in [3.8, 4) is 16.8 Å². The fourth-order valence-electron chi connectivity index (χ4n) is 10.6. The van der Waals surface area contributed by atoms with Gasteiger partial charge in [0.15, 0.2) is 0 Å². The molecule has 0 fully saturated rings. The summed E-state index contributed by atoms with van der Waals surface area (Å²) >= 11 is 0. The van der Waals surface area contributed by atoms with Crippen LogP contribution in [0.5, 0.6) is 0 Å². The molecule has 7 aromatic carbocycles. The van der Waals surface area contributed by atoms with Gasteiger partial charge in [-0.25, -0.2) is 0 Å². The summed E-state index contributed by atoms with van der Waals surface area (Å²) in [6, 6.07) is 52.6. The van der Waals surface area contributed by atoms with Crippen LogP contribution in [0.1, 0.15) is 79.0 Å². The number of benzene rings is 7. The summed E-state index contributed by atoms with van der Waals surface area (Å²) in [5, 5.41) is 6.26. The van der Waals surface area contributed by atoms with Gasteiger partial charge in [-0.3, -0.25) is 4.90 Å². The molecular weight excluding hydrogens is 741 g/mol. The molecule has 298 valence electrons. The SMILES string of the molecule is CC(C)(C)c1ccc(N2c3cc(C(C)(C)C)cc4c3B(c3c2oc2ccc(C(C)(C)C)cc32)n2c3ccccc3c3cc5c6ccccc6n(-c6ccccc6)c5c-4c32)cc1. The maximum Gasteiger partial charge on any atom is 0.337 e. The molecule has 0 saturated heterocycles. The highest BCUT2D eigenvalue weighted by atomic mass is 16.4. The topological polar surface area (TPSA) is 26.2 Å². The Kier molecular flexibility index (Phi) is 7.22. The minimum absolute atomic E-state index is 0.0257. The van der Waals surface area contributed by atoms with Gasteiger partial charge in [0.1, 0.15) is 5.58 Å². The van der Waals surface area contributed by atoms with E-state index in [1.54, 1.807) is 0 Å². The molecule has 0 aliphatic carbocycles. The number of rotatable bonds is 2. The number of aromatic nitrogens is 2. The van der Waals surface area contributed by atoms with Crippen LogP contribution in [0.3, 0.4) is 0 Å². The van der Waals surface area contributed by atoms with Crippen LogP contribution in [0, 0.1) is 0 Å². The highest BCUT2D eigenvalue weighted by Gasteiger charge is 2.47. The summed E-state index contributed by atoms with van der Waals surface area (Å²) < 4.78 is 12.5. The minimum atomic E-state index is -0.141. The molecule has 2 aliphatic heterocycles. The van der Waals surface area contributed by atoms with Crippen LogP contribution < -0.4 is 15.8 Å². The summed E-state index contributed by atoms with van der Waals surface area (Å²) in [4.78, 5) is 2.45. The lowest BCUT2D eigenvalue weighted by Gasteiger charge is -2.39. The highest BCUT2D eigenvalue weighted by molar-refractivity contribution is 6.91. The van der Waals surface area contributed by atoms with Crippen molar-refractivity contribution < 1.29 is 4.42 Å². The first-order valence-corrected chi connectivity index (χ1v) is 21.9. The Morgan fingerprint density at radius 1 is 0.459 bits per heavy atom. The molecule has 2 aliphatic rings. The minimum Gasteiger partial charge on any atom is -0.440 e. The van der Waals surface area contributed by atoms with Gasteiger partial charge in [0.05, 0.1) is 11.0 Å². The van der Waals surface area contributed by atoms with Gasteiger partial charge in [0.2, 0.25) is 5.88 Å². The number of furan rings is 1. The van der Waals surface area contributed by atoms with Crippen molar-refractivity contribution in [1.29, 1.82) is 0 Å². The summed E-state index contributed by atoms with van der Waals surface area (Å²) in [5.41, 5.74) is 18.2. The lowest BCUT2D eigenvalue weighted by molar-refractivity contribution is 0.588.